The minimum Gasteiger partial charge on any atom is -0.489 e. The summed E-state index contributed by atoms with van der Waals surface area (Å²) in [6.45, 7) is 2.72. The summed E-state index contributed by atoms with van der Waals surface area (Å²) >= 11 is 0. The number of aryl methyl sites for hydroxylation is 1. The third-order valence-corrected chi connectivity index (χ3v) is 4.92. The van der Waals surface area contributed by atoms with E-state index >= 15 is 0 Å². The molecule has 0 aliphatic carbocycles. The number of rotatable bonds is 4. The van der Waals surface area contributed by atoms with Crippen LogP contribution in [0.3, 0.4) is 0 Å². The summed E-state index contributed by atoms with van der Waals surface area (Å²) in [5.41, 5.74) is 3.25. The van der Waals surface area contributed by atoms with Gasteiger partial charge < -0.3 is 19.5 Å². The number of carbonyl (C=O) groups is 2. The number of imidazole rings is 1. The number of nitrogens with zero attached hydrogens (tertiary/aromatic N) is 3. The average molecular weight is 390 g/mol. The molecule has 1 aliphatic heterocycles. The van der Waals surface area contributed by atoms with Crippen LogP contribution in [0.5, 0.6) is 5.75 Å². The predicted molar refractivity (Wildman–Crippen MR) is 109 cm³/mol. The Morgan fingerprint density at radius 2 is 1.97 bits per heavy atom. The smallest absolute Gasteiger partial charge is 0.272 e. The predicted octanol–water partition coefficient (Wildman–Crippen LogP) is 2.39. The first kappa shape index (κ1) is 18.7. The Morgan fingerprint density at radius 3 is 2.76 bits per heavy atom. The first-order valence-electron chi connectivity index (χ1n) is 9.39. The van der Waals surface area contributed by atoms with E-state index in [9.17, 15) is 9.59 Å². The lowest BCUT2D eigenvalue weighted by Crippen LogP contribution is -2.49. The van der Waals surface area contributed by atoms with Crippen molar-refractivity contribution in [2.24, 2.45) is 0 Å². The normalized spacial score (nSPS) is 16.0. The Hall–Kier alpha value is -3.61. The second-order valence-corrected chi connectivity index (χ2v) is 7.12. The average Bonchev–Trinajstić information content (AvgIpc) is 3.16. The van der Waals surface area contributed by atoms with Crippen LogP contribution in [0, 0.1) is 6.92 Å². The summed E-state index contributed by atoms with van der Waals surface area (Å²) in [6.07, 6.45) is 3.29. The van der Waals surface area contributed by atoms with E-state index in [0.29, 0.717) is 18.0 Å². The van der Waals surface area contributed by atoms with Crippen molar-refractivity contribution < 1.29 is 14.3 Å². The monoisotopic (exact) mass is 390 g/mol. The van der Waals surface area contributed by atoms with Gasteiger partial charge in [0, 0.05) is 19.8 Å². The van der Waals surface area contributed by atoms with E-state index < -0.39 is 11.9 Å². The molecule has 1 atom stereocenters. The Balaban J connectivity index is 1.44. The summed E-state index contributed by atoms with van der Waals surface area (Å²) in [7, 11) is 1.67. The van der Waals surface area contributed by atoms with Gasteiger partial charge in [-0.15, -0.1) is 0 Å². The van der Waals surface area contributed by atoms with E-state index in [1.807, 2.05) is 54.0 Å². The Bertz CT molecular complexity index is 1040. The maximum Gasteiger partial charge on any atom is 0.272 e. The number of likely N-dealkylation sites (N-methyl/N-ethyl adjacent to an activating group) is 1. The molecule has 7 heteroatoms. The van der Waals surface area contributed by atoms with Crippen LogP contribution < -0.4 is 15.0 Å². The molecule has 2 heterocycles. The number of para-hydroxylation sites is 2. The maximum absolute atomic E-state index is 12.8. The molecule has 0 radical (unpaired) electrons. The van der Waals surface area contributed by atoms with Crippen molar-refractivity contribution >= 4 is 17.5 Å². The molecule has 3 aromatic rings. The summed E-state index contributed by atoms with van der Waals surface area (Å²) in [4.78, 5) is 31.1. The highest BCUT2D eigenvalue weighted by molar-refractivity contribution is 6.02. The van der Waals surface area contributed by atoms with Crippen molar-refractivity contribution in [2.45, 2.75) is 19.5 Å². The fraction of sp³-hybridized carbons (Fsp3) is 0.227. The Labute approximate surface area is 168 Å². The number of hydrogen-bond acceptors (Lipinski definition) is 4. The molecular weight excluding hydrogens is 368 g/mol. The molecule has 148 valence electrons. The third kappa shape index (κ3) is 3.99. The van der Waals surface area contributed by atoms with Gasteiger partial charge in [-0.3, -0.25) is 9.59 Å². The summed E-state index contributed by atoms with van der Waals surface area (Å²) in [5.74, 6) is -0.0289. The quantitative estimate of drug-likeness (QED) is 0.742. The molecule has 0 spiro atoms. The van der Waals surface area contributed by atoms with Crippen molar-refractivity contribution in [3.63, 3.8) is 0 Å². The molecule has 0 bridgehead atoms. The van der Waals surface area contributed by atoms with Crippen molar-refractivity contribution in [2.75, 3.05) is 18.6 Å². The fourth-order valence-corrected chi connectivity index (χ4v) is 3.26. The first-order chi connectivity index (χ1) is 14.0. The molecular formula is C22H22N4O3. The topological polar surface area (TPSA) is 76.5 Å². The summed E-state index contributed by atoms with van der Waals surface area (Å²) < 4.78 is 7.57. The van der Waals surface area contributed by atoms with Crippen molar-refractivity contribution in [1.82, 2.24) is 14.9 Å². The van der Waals surface area contributed by atoms with Crippen LogP contribution in [0.2, 0.25) is 0 Å². The van der Waals surface area contributed by atoms with Gasteiger partial charge in [0.25, 0.3) is 11.8 Å². The van der Waals surface area contributed by atoms with Gasteiger partial charge >= 0.3 is 0 Å². The number of amides is 2. The van der Waals surface area contributed by atoms with Crippen LogP contribution in [-0.4, -0.2) is 41.1 Å². The van der Waals surface area contributed by atoms with Crippen LogP contribution in [0.15, 0.2) is 61.1 Å². The fourth-order valence-electron chi connectivity index (χ4n) is 3.26. The zero-order valence-electron chi connectivity index (χ0n) is 16.3. The van der Waals surface area contributed by atoms with Crippen molar-refractivity contribution in [3.05, 3.63) is 77.9 Å². The number of nitrogens with one attached hydrogen (secondary N) is 1. The van der Waals surface area contributed by atoms with E-state index in [4.69, 9.17) is 4.74 Å². The van der Waals surface area contributed by atoms with Gasteiger partial charge in [0.15, 0.2) is 0 Å². The number of benzene rings is 2. The van der Waals surface area contributed by atoms with Gasteiger partial charge in [0.05, 0.1) is 12.0 Å². The molecule has 1 aromatic heterocycles. The zero-order chi connectivity index (χ0) is 20.4. The number of hydrogen-bond donors (Lipinski definition) is 1. The van der Waals surface area contributed by atoms with Gasteiger partial charge in [-0.05, 0) is 24.6 Å². The first-order valence-corrected chi connectivity index (χ1v) is 9.39. The minimum atomic E-state index is -0.790. The molecule has 1 N–H and O–H groups in total. The van der Waals surface area contributed by atoms with E-state index in [-0.39, 0.29) is 18.2 Å². The molecule has 2 aromatic carbocycles. The van der Waals surface area contributed by atoms with E-state index in [2.05, 4.69) is 10.3 Å². The standard InChI is InChI=1S/C22H22N4O3/c1-15-7-9-16(10-8-15)11-26-12-17(23-14-26)21(27)24-18-13-29-20-6-4-3-5-19(20)25(2)22(18)28/h3-10,12,14,18H,11,13H2,1-2H3,(H,24,27)/t18-/m0/s1. The Morgan fingerprint density at radius 1 is 1.21 bits per heavy atom. The van der Waals surface area contributed by atoms with Gasteiger partial charge in [-0.25, -0.2) is 4.98 Å². The molecule has 29 heavy (non-hydrogen) atoms. The molecule has 4 rings (SSSR count). The zero-order valence-corrected chi connectivity index (χ0v) is 16.3. The molecule has 0 saturated carbocycles. The minimum absolute atomic E-state index is 0.0655. The second-order valence-electron chi connectivity index (χ2n) is 7.12. The summed E-state index contributed by atoms with van der Waals surface area (Å²) in [6, 6.07) is 14.7. The van der Waals surface area contributed by atoms with Crippen LogP contribution in [0.4, 0.5) is 5.69 Å². The van der Waals surface area contributed by atoms with E-state index in [1.165, 1.54) is 10.5 Å². The van der Waals surface area contributed by atoms with Crippen molar-refractivity contribution in [3.8, 4) is 5.75 Å². The number of aromatic nitrogens is 2. The number of carbonyl (C=O) groups excluding carboxylic acids is 2. The third-order valence-electron chi connectivity index (χ3n) is 4.92. The van der Waals surface area contributed by atoms with Crippen LogP contribution in [0.1, 0.15) is 21.6 Å². The maximum atomic E-state index is 12.8. The van der Waals surface area contributed by atoms with E-state index in [0.717, 1.165) is 5.56 Å². The molecule has 2 amide bonds. The second kappa shape index (κ2) is 7.79. The molecule has 0 unspecified atom stereocenters. The number of anilines is 1. The molecule has 1 aliphatic rings. The lowest BCUT2D eigenvalue weighted by Gasteiger charge is -2.20. The number of fused-ring (bicyclic) bond motifs is 1. The van der Waals surface area contributed by atoms with Gasteiger partial charge in [0.1, 0.15) is 24.1 Å². The highest BCUT2D eigenvalue weighted by Crippen LogP contribution is 2.29. The van der Waals surface area contributed by atoms with E-state index in [1.54, 1.807) is 25.6 Å². The van der Waals surface area contributed by atoms with Gasteiger partial charge in [-0.1, -0.05) is 42.0 Å². The molecule has 0 fully saturated rings. The largest absolute Gasteiger partial charge is 0.489 e. The Kier molecular flexibility index (Phi) is 5.03. The lowest BCUT2D eigenvalue weighted by molar-refractivity contribution is -0.120. The molecule has 7 nitrogen and oxygen atoms in total. The lowest BCUT2D eigenvalue weighted by atomic mass is 10.1. The summed E-state index contributed by atoms with van der Waals surface area (Å²) in [5, 5.41) is 2.74. The van der Waals surface area contributed by atoms with Crippen LogP contribution >= 0.6 is 0 Å². The van der Waals surface area contributed by atoms with Gasteiger partial charge in [0.2, 0.25) is 0 Å². The SMILES string of the molecule is Cc1ccc(Cn2cnc(C(=O)N[C@H]3COc4ccccc4N(C)C3=O)c2)cc1. The van der Waals surface area contributed by atoms with Gasteiger partial charge in [-0.2, -0.15) is 0 Å². The number of ether oxygens (including phenoxy) is 1. The van der Waals surface area contributed by atoms with Crippen LogP contribution in [-0.2, 0) is 11.3 Å². The highest BCUT2D eigenvalue weighted by atomic mass is 16.5. The highest BCUT2D eigenvalue weighted by Gasteiger charge is 2.30. The molecule has 0 saturated heterocycles. The van der Waals surface area contributed by atoms with Crippen LogP contribution in [0.25, 0.3) is 0 Å². The van der Waals surface area contributed by atoms with Crippen molar-refractivity contribution in [1.29, 1.82) is 0 Å².